The van der Waals surface area contributed by atoms with Crippen molar-refractivity contribution >= 4 is 23.3 Å². The number of hydrogen-bond acceptors (Lipinski definition) is 2. The molecule has 0 saturated carbocycles. The van der Waals surface area contributed by atoms with E-state index in [1.54, 1.807) is 12.1 Å². The van der Waals surface area contributed by atoms with Gasteiger partial charge in [-0.3, -0.25) is 0 Å². The maximum Gasteiger partial charge on any atom is 0.337 e. The number of rotatable bonds is 4. The van der Waals surface area contributed by atoms with Crippen molar-refractivity contribution in [3.63, 3.8) is 0 Å². The second kappa shape index (κ2) is 5.92. The smallest absolute Gasteiger partial charge is 0.337 e. The van der Waals surface area contributed by atoms with Gasteiger partial charge in [0.15, 0.2) is 0 Å². The topological polar surface area (TPSA) is 49.3 Å². The van der Waals surface area contributed by atoms with Gasteiger partial charge in [0.25, 0.3) is 0 Å². The molecule has 1 unspecified atom stereocenters. The molecule has 0 heterocycles. The molecule has 0 fully saturated rings. The molecule has 3 nitrogen and oxygen atoms in total. The Labute approximate surface area is 121 Å². The maximum atomic E-state index is 13.1. The molecule has 20 heavy (non-hydrogen) atoms. The maximum absolute atomic E-state index is 13.1. The number of carboxylic acid groups (broad SMARTS) is 1. The minimum atomic E-state index is -1.17. The summed E-state index contributed by atoms with van der Waals surface area (Å²) >= 11 is 5.82. The molecule has 0 saturated heterocycles. The van der Waals surface area contributed by atoms with Gasteiger partial charge in [-0.15, -0.1) is 0 Å². The number of carboxylic acids is 1. The third-order valence-electron chi connectivity index (χ3n) is 2.95. The summed E-state index contributed by atoms with van der Waals surface area (Å²) in [6.07, 6.45) is 0. The summed E-state index contributed by atoms with van der Waals surface area (Å²) in [5.41, 5.74) is 1.24. The highest BCUT2D eigenvalue weighted by atomic mass is 35.5. The van der Waals surface area contributed by atoms with Gasteiger partial charge >= 0.3 is 5.97 Å². The molecular formula is C15H13ClFNO2. The van der Waals surface area contributed by atoms with Gasteiger partial charge < -0.3 is 10.4 Å². The van der Waals surface area contributed by atoms with Crippen LogP contribution in [-0.4, -0.2) is 11.1 Å². The first kappa shape index (κ1) is 14.3. The fourth-order valence-electron chi connectivity index (χ4n) is 1.89. The molecule has 2 rings (SSSR count). The second-order valence-electron chi connectivity index (χ2n) is 4.41. The highest BCUT2D eigenvalue weighted by molar-refractivity contribution is 6.30. The predicted octanol–water partition coefficient (Wildman–Crippen LogP) is 4.35. The first-order valence-corrected chi connectivity index (χ1v) is 6.40. The minimum absolute atomic E-state index is 0.0918. The van der Waals surface area contributed by atoms with Crippen LogP contribution in [0.4, 0.5) is 10.1 Å². The molecule has 1 atom stereocenters. The summed E-state index contributed by atoms with van der Waals surface area (Å²) in [5, 5.41) is 12.8. The Hall–Kier alpha value is -2.07. The summed E-state index contributed by atoms with van der Waals surface area (Å²) in [5.74, 6) is -1.75. The number of nitrogens with one attached hydrogen (secondary N) is 1. The lowest BCUT2D eigenvalue weighted by molar-refractivity contribution is 0.0697. The van der Waals surface area contributed by atoms with Crippen molar-refractivity contribution in [1.82, 2.24) is 0 Å². The van der Waals surface area contributed by atoms with Gasteiger partial charge in [-0.05, 0) is 42.8 Å². The fraction of sp³-hybridized carbons (Fsp3) is 0.133. The van der Waals surface area contributed by atoms with Crippen molar-refractivity contribution in [2.75, 3.05) is 5.32 Å². The first-order chi connectivity index (χ1) is 9.47. The largest absolute Gasteiger partial charge is 0.478 e. The molecule has 2 aromatic rings. The zero-order valence-corrected chi connectivity index (χ0v) is 11.5. The van der Waals surface area contributed by atoms with Crippen LogP contribution >= 0.6 is 11.6 Å². The predicted molar refractivity (Wildman–Crippen MR) is 76.8 cm³/mol. The van der Waals surface area contributed by atoms with Gasteiger partial charge in [0, 0.05) is 16.8 Å². The van der Waals surface area contributed by atoms with E-state index in [4.69, 9.17) is 16.7 Å². The normalized spacial score (nSPS) is 11.9. The van der Waals surface area contributed by atoms with Crippen molar-refractivity contribution in [2.45, 2.75) is 13.0 Å². The highest BCUT2D eigenvalue weighted by Crippen LogP contribution is 2.24. The molecule has 0 aliphatic rings. The zero-order chi connectivity index (χ0) is 14.7. The molecule has 2 aromatic carbocycles. The number of anilines is 1. The summed E-state index contributed by atoms with van der Waals surface area (Å²) in [6.45, 7) is 1.89. The second-order valence-corrected chi connectivity index (χ2v) is 4.85. The average molecular weight is 294 g/mol. The van der Waals surface area contributed by atoms with Crippen molar-refractivity contribution in [3.05, 3.63) is 64.4 Å². The number of hydrogen-bond donors (Lipinski definition) is 2. The van der Waals surface area contributed by atoms with Crippen LogP contribution in [0, 0.1) is 5.82 Å². The molecular weight excluding hydrogens is 281 g/mol. The standard InChI is InChI=1S/C15H13ClFNO2/c1-9(10-2-4-11(16)5-3-10)18-14-7-6-12(17)8-13(14)15(19)20/h2-9,18H,1H3,(H,19,20). The Bertz CT molecular complexity index is 628. The number of halogens is 2. The van der Waals surface area contributed by atoms with Gasteiger partial charge in [-0.1, -0.05) is 23.7 Å². The molecule has 0 spiro atoms. The van der Waals surface area contributed by atoms with Crippen LogP contribution in [0.3, 0.4) is 0 Å². The van der Waals surface area contributed by atoms with Gasteiger partial charge in [-0.2, -0.15) is 0 Å². The first-order valence-electron chi connectivity index (χ1n) is 6.02. The highest BCUT2D eigenvalue weighted by Gasteiger charge is 2.14. The third-order valence-corrected chi connectivity index (χ3v) is 3.21. The van der Waals surface area contributed by atoms with Crippen LogP contribution in [0.2, 0.25) is 5.02 Å². The van der Waals surface area contributed by atoms with Crippen LogP contribution in [0.25, 0.3) is 0 Å². The molecule has 0 amide bonds. The van der Waals surface area contributed by atoms with Gasteiger partial charge in [0.05, 0.1) is 5.56 Å². The third kappa shape index (κ3) is 3.27. The fourth-order valence-corrected chi connectivity index (χ4v) is 2.01. The number of benzene rings is 2. The minimum Gasteiger partial charge on any atom is -0.478 e. The van der Waals surface area contributed by atoms with Crippen molar-refractivity contribution < 1.29 is 14.3 Å². The lowest BCUT2D eigenvalue weighted by Gasteiger charge is -2.17. The van der Waals surface area contributed by atoms with Crippen LogP contribution < -0.4 is 5.32 Å². The SMILES string of the molecule is CC(Nc1ccc(F)cc1C(=O)O)c1ccc(Cl)cc1. The Kier molecular flexibility index (Phi) is 4.25. The Morgan fingerprint density at radius 3 is 2.50 bits per heavy atom. The van der Waals surface area contributed by atoms with E-state index in [0.29, 0.717) is 10.7 Å². The van der Waals surface area contributed by atoms with Gasteiger partial charge in [0.2, 0.25) is 0 Å². The van der Waals surface area contributed by atoms with Crippen LogP contribution in [0.5, 0.6) is 0 Å². The van der Waals surface area contributed by atoms with Gasteiger partial charge in [-0.25, -0.2) is 9.18 Å². The number of aromatic carboxylic acids is 1. The Balaban J connectivity index is 2.25. The number of carbonyl (C=O) groups is 1. The molecule has 104 valence electrons. The zero-order valence-electron chi connectivity index (χ0n) is 10.7. The summed E-state index contributed by atoms with van der Waals surface area (Å²) in [4.78, 5) is 11.1. The van der Waals surface area contributed by atoms with E-state index in [1.165, 1.54) is 12.1 Å². The van der Waals surface area contributed by atoms with E-state index in [9.17, 15) is 9.18 Å². The average Bonchev–Trinajstić information content (AvgIpc) is 2.41. The Morgan fingerprint density at radius 2 is 1.90 bits per heavy atom. The summed E-state index contributed by atoms with van der Waals surface area (Å²) < 4.78 is 13.1. The van der Waals surface area contributed by atoms with E-state index in [1.807, 2.05) is 19.1 Å². The summed E-state index contributed by atoms with van der Waals surface area (Å²) in [6, 6.07) is 10.7. The van der Waals surface area contributed by atoms with Crippen LogP contribution in [0.1, 0.15) is 28.9 Å². The van der Waals surface area contributed by atoms with E-state index in [-0.39, 0.29) is 11.6 Å². The molecule has 0 aliphatic heterocycles. The van der Waals surface area contributed by atoms with Gasteiger partial charge in [0.1, 0.15) is 5.82 Å². The lowest BCUT2D eigenvalue weighted by atomic mass is 10.1. The molecule has 0 aromatic heterocycles. The van der Waals surface area contributed by atoms with E-state index in [0.717, 1.165) is 11.6 Å². The van der Waals surface area contributed by atoms with Crippen molar-refractivity contribution in [3.8, 4) is 0 Å². The lowest BCUT2D eigenvalue weighted by Crippen LogP contribution is -2.11. The molecule has 2 N–H and O–H groups in total. The Morgan fingerprint density at radius 1 is 1.25 bits per heavy atom. The monoisotopic (exact) mass is 293 g/mol. The van der Waals surface area contributed by atoms with Crippen molar-refractivity contribution in [1.29, 1.82) is 0 Å². The molecule has 0 radical (unpaired) electrons. The summed E-state index contributed by atoms with van der Waals surface area (Å²) in [7, 11) is 0. The van der Waals surface area contributed by atoms with E-state index in [2.05, 4.69) is 5.32 Å². The quantitative estimate of drug-likeness (QED) is 0.881. The van der Waals surface area contributed by atoms with Crippen molar-refractivity contribution in [2.24, 2.45) is 0 Å². The van der Waals surface area contributed by atoms with E-state index >= 15 is 0 Å². The van der Waals surface area contributed by atoms with Crippen LogP contribution in [-0.2, 0) is 0 Å². The van der Waals surface area contributed by atoms with Crippen LogP contribution in [0.15, 0.2) is 42.5 Å². The molecule has 0 aliphatic carbocycles. The molecule has 0 bridgehead atoms. The molecule has 5 heteroatoms. The van der Waals surface area contributed by atoms with E-state index < -0.39 is 11.8 Å².